The van der Waals surface area contributed by atoms with Gasteiger partial charge in [-0.05, 0) is 57.8 Å². The molecule has 0 aromatic rings. The predicted octanol–water partition coefficient (Wildman–Crippen LogP) is 13.0. The lowest BCUT2D eigenvalue weighted by molar-refractivity contribution is -0.123. The molecule has 4 nitrogen and oxygen atoms in total. The van der Waals surface area contributed by atoms with E-state index in [1.807, 2.05) is 0 Å². The number of carbonyl (C=O) groups is 1. The molecular weight excluding hydrogens is 602 g/mol. The average Bonchev–Trinajstić information content (AvgIpc) is 3.10. The van der Waals surface area contributed by atoms with E-state index >= 15 is 0 Å². The highest BCUT2D eigenvalue weighted by Crippen LogP contribution is 2.15. The van der Waals surface area contributed by atoms with Crippen LogP contribution < -0.4 is 5.32 Å². The van der Waals surface area contributed by atoms with E-state index in [-0.39, 0.29) is 12.5 Å². The van der Waals surface area contributed by atoms with Crippen LogP contribution >= 0.6 is 0 Å². The standard InChI is InChI=1S/C45H81NO3/c1-3-5-7-9-11-13-15-17-19-21-22-23-24-25-27-29-31-33-35-37-39-41-45(49)46-43(42-47)44(48)40-38-36-34-32-30-28-26-20-18-16-14-12-10-8-6-4-2/h5,7,11,13,17,19,22-23,25,27,43-44,47-48H,3-4,6,8-10,12,14-16,18,20-21,24,26,28-42H2,1-2H3,(H,46,49)/b7-5-,13-11-,19-17-,23-22-,27-25-. The molecule has 0 aliphatic rings. The van der Waals surface area contributed by atoms with Gasteiger partial charge in [-0.2, -0.15) is 0 Å². The molecule has 284 valence electrons. The number of hydrogen-bond acceptors (Lipinski definition) is 3. The SMILES string of the molecule is CC/C=C\C/C=C\C/C=C\C/C=C\C/C=C\CCCCCCCC(=O)NC(CO)C(O)CCCCCCCCCCCCCCCCCC. The maximum Gasteiger partial charge on any atom is 0.220 e. The largest absolute Gasteiger partial charge is 0.394 e. The first kappa shape index (κ1) is 47.1. The lowest BCUT2D eigenvalue weighted by Gasteiger charge is -2.22. The molecule has 0 aliphatic carbocycles. The third-order valence-corrected chi connectivity index (χ3v) is 9.29. The minimum absolute atomic E-state index is 0.0520. The van der Waals surface area contributed by atoms with Crippen LogP contribution in [0.2, 0.25) is 0 Å². The minimum atomic E-state index is -0.670. The van der Waals surface area contributed by atoms with Crippen molar-refractivity contribution < 1.29 is 15.0 Å². The number of hydrogen-bond donors (Lipinski definition) is 3. The van der Waals surface area contributed by atoms with Gasteiger partial charge < -0.3 is 15.5 Å². The fraction of sp³-hybridized carbons (Fsp3) is 0.756. The predicted molar refractivity (Wildman–Crippen MR) is 216 cm³/mol. The Morgan fingerprint density at radius 1 is 0.510 bits per heavy atom. The molecule has 2 atom stereocenters. The fourth-order valence-corrected chi connectivity index (χ4v) is 6.09. The van der Waals surface area contributed by atoms with Gasteiger partial charge in [0, 0.05) is 6.42 Å². The first-order chi connectivity index (χ1) is 24.2. The minimum Gasteiger partial charge on any atom is -0.394 e. The highest BCUT2D eigenvalue weighted by molar-refractivity contribution is 5.76. The Bertz CT molecular complexity index is 827. The molecule has 0 saturated carbocycles. The number of amides is 1. The first-order valence-electron chi connectivity index (χ1n) is 21.0. The van der Waals surface area contributed by atoms with E-state index in [2.05, 4.69) is 79.9 Å². The van der Waals surface area contributed by atoms with Crippen LogP contribution in [0.25, 0.3) is 0 Å². The summed E-state index contributed by atoms with van der Waals surface area (Å²) in [5, 5.41) is 23.1. The molecule has 4 heteroatoms. The van der Waals surface area contributed by atoms with E-state index in [4.69, 9.17) is 0 Å². The number of aliphatic hydroxyl groups excluding tert-OH is 2. The number of carbonyl (C=O) groups excluding carboxylic acids is 1. The van der Waals surface area contributed by atoms with Crippen molar-refractivity contribution in [2.75, 3.05) is 6.61 Å². The lowest BCUT2D eigenvalue weighted by atomic mass is 10.0. The summed E-state index contributed by atoms with van der Waals surface area (Å²) in [6.45, 7) is 4.23. The Hall–Kier alpha value is -1.91. The van der Waals surface area contributed by atoms with Crippen molar-refractivity contribution in [1.29, 1.82) is 0 Å². The third kappa shape index (κ3) is 37.2. The highest BCUT2D eigenvalue weighted by atomic mass is 16.3. The van der Waals surface area contributed by atoms with Crippen LogP contribution in [0.1, 0.15) is 200 Å². The quantitative estimate of drug-likeness (QED) is 0.0451. The Labute approximate surface area is 305 Å². The highest BCUT2D eigenvalue weighted by Gasteiger charge is 2.19. The molecule has 0 aromatic carbocycles. The van der Waals surface area contributed by atoms with Crippen molar-refractivity contribution in [3.05, 3.63) is 60.8 Å². The van der Waals surface area contributed by atoms with Crippen molar-refractivity contribution in [3.63, 3.8) is 0 Å². The van der Waals surface area contributed by atoms with Crippen molar-refractivity contribution in [2.45, 2.75) is 212 Å². The van der Waals surface area contributed by atoms with Crippen molar-refractivity contribution in [1.82, 2.24) is 5.32 Å². The number of allylic oxidation sites excluding steroid dienone is 10. The summed E-state index contributed by atoms with van der Waals surface area (Å²) in [6, 6.07) is -0.549. The zero-order chi connectivity index (χ0) is 35.7. The summed E-state index contributed by atoms with van der Waals surface area (Å²) >= 11 is 0. The summed E-state index contributed by atoms with van der Waals surface area (Å²) < 4.78 is 0. The normalized spacial score (nSPS) is 13.6. The third-order valence-electron chi connectivity index (χ3n) is 9.29. The Morgan fingerprint density at radius 3 is 1.35 bits per heavy atom. The fourth-order valence-electron chi connectivity index (χ4n) is 6.09. The zero-order valence-corrected chi connectivity index (χ0v) is 32.4. The van der Waals surface area contributed by atoms with Crippen LogP contribution in [-0.4, -0.2) is 34.9 Å². The van der Waals surface area contributed by atoms with Gasteiger partial charge in [-0.15, -0.1) is 0 Å². The monoisotopic (exact) mass is 684 g/mol. The molecule has 0 heterocycles. The molecule has 0 aromatic heterocycles. The molecule has 0 saturated heterocycles. The Balaban J connectivity index is 3.62. The molecule has 0 spiro atoms. The molecule has 0 rings (SSSR count). The van der Waals surface area contributed by atoms with E-state index in [0.717, 1.165) is 70.6 Å². The Kier molecular flexibility index (Phi) is 38.9. The lowest BCUT2D eigenvalue weighted by Crippen LogP contribution is -2.45. The number of nitrogens with one attached hydrogen (secondary N) is 1. The second-order valence-corrected chi connectivity index (χ2v) is 14.0. The molecule has 0 bridgehead atoms. The van der Waals surface area contributed by atoms with Gasteiger partial charge in [0.05, 0.1) is 18.8 Å². The van der Waals surface area contributed by atoms with Crippen LogP contribution in [0.4, 0.5) is 0 Å². The summed E-state index contributed by atoms with van der Waals surface area (Å²) in [5.74, 6) is -0.0520. The van der Waals surface area contributed by atoms with Gasteiger partial charge in [-0.25, -0.2) is 0 Å². The average molecular weight is 684 g/mol. The topological polar surface area (TPSA) is 69.6 Å². The number of rotatable bonds is 37. The number of aliphatic hydroxyl groups is 2. The molecular formula is C45H81NO3. The molecule has 0 radical (unpaired) electrons. The molecule has 2 unspecified atom stereocenters. The van der Waals surface area contributed by atoms with Crippen LogP contribution in [0.3, 0.4) is 0 Å². The molecule has 49 heavy (non-hydrogen) atoms. The van der Waals surface area contributed by atoms with Crippen molar-refractivity contribution in [2.24, 2.45) is 0 Å². The number of unbranched alkanes of at least 4 members (excludes halogenated alkanes) is 20. The molecule has 1 amide bonds. The molecule has 0 aliphatic heterocycles. The van der Waals surface area contributed by atoms with Gasteiger partial charge in [-0.1, -0.05) is 197 Å². The first-order valence-corrected chi connectivity index (χ1v) is 21.0. The van der Waals surface area contributed by atoms with E-state index in [0.29, 0.717) is 12.8 Å². The maximum absolute atomic E-state index is 12.4. The van der Waals surface area contributed by atoms with E-state index in [1.54, 1.807) is 0 Å². The molecule has 3 N–H and O–H groups in total. The van der Waals surface area contributed by atoms with Gasteiger partial charge in [0.2, 0.25) is 5.91 Å². The summed E-state index contributed by atoms with van der Waals surface area (Å²) in [5.41, 5.74) is 0. The van der Waals surface area contributed by atoms with E-state index in [9.17, 15) is 15.0 Å². The maximum atomic E-state index is 12.4. The summed E-state index contributed by atoms with van der Waals surface area (Å²) in [7, 11) is 0. The second kappa shape index (κ2) is 40.5. The molecule has 0 fully saturated rings. The van der Waals surface area contributed by atoms with Crippen molar-refractivity contribution in [3.8, 4) is 0 Å². The Morgan fingerprint density at radius 2 is 0.898 bits per heavy atom. The zero-order valence-electron chi connectivity index (χ0n) is 32.4. The van der Waals surface area contributed by atoms with Gasteiger partial charge in [-0.3, -0.25) is 4.79 Å². The van der Waals surface area contributed by atoms with Crippen LogP contribution in [0.15, 0.2) is 60.8 Å². The summed E-state index contributed by atoms with van der Waals surface area (Å²) in [6.07, 6.45) is 55.7. The van der Waals surface area contributed by atoms with Crippen LogP contribution in [0.5, 0.6) is 0 Å². The smallest absolute Gasteiger partial charge is 0.220 e. The van der Waals surface area contributed by atoms with Gasteiger partial charge in [0.15, 0.2) is 0 Å². The van der Waals surface area contributed by atoms with Crippen LogP contribution in [0, 0.1) is 0 Å². The second-order valence-electron chi connectivity index (χ2n) is 14.0. The van der Waals surface area contributed by atoms with Gasteiger partial charge in [0.1, 0.15) is 0 Å². The van der Waals surface area contributed by atoms with Gasteiger partial charge in [0.25, 0.3) is 0 Å². The van der Waals surface area contributed by atoms with E-state index in [1.165, 1.54) is 103 Å². The van der Waals surface area contributed by atoms with Crippen molar-refractivity contribution >= 4 is 5.91 Å². The van der Waals surface area contributed by atoms with Crippen LogP contribution in [-0.2, 0) is 4.79 Å². The van der Waals surface area contributed by atoms with Gasteiger partial charge >= 0.3 is 0 Å². The summed E-state index contributed by atoms with van der Waals surface area (Å²) in [4.78, 5) is 12.4. The van der Waals surface area contributed by atoms with E-state index < -0.39 is 12.1 Å².